The quantitative estimate of drug-likeness (QED) is 0.742. The molecule has 0 radical (unpaired) electrons. The van der Waals surface area contributed by atoms with Crippen LogP contribution in [0.5, 0.6) is 0 Å². The first-order valence-corrected chi connectivity index (χ1v) is 5.38. The van der Waals surface area contributed by atoms with Crippen LogP contribution >= 0.6 is 0 Å². The van der Waals surface area contributed by atoms with E-state index in [1.54, 1.807) is 6.20 Å². The van der Waals surface area contributed by atoms with E-state index in [4.69, 9.17) is 0 Å². The first-order valence-electron chi connectivity index (χ1n) is 5.38. The van der Waals surface area contributed by atoms with Crippen molar-refractivity contribution < 1.29 is 4.79 Å². The Morgan fingerprint density at radius 2 is 2.28 bits per heavy atom. The lowest BCUT2D eigenvalue weighted by Gasteiger charge is -2.13. The lowest BCUT2D eigenvalue weighted by molar-refractivity contribution is 0.249. The van der Waals surface area contributed by atoms with Gasteiger partial charge in [-0.3, -0.25) is 10.3 Å². The molecule has 0 saturated heterocycles. The van der Waals surface area contributed by atoms with E-state index in [0.717, 1.165) is 11.3 Å². The molecule has 2 heterocycles. The van der Waals surface area contributed by atoms with Crippen molar-refractivity contribution in [1.82, 2.24) is 30.9 Å². The molecule has 0 aliphatic heterocycles. The average Bonchev–Trinajstić information content (AvgIpc) is 2.82. The van der Waals surface area contributed by atoms with Gasteiger partial charge in [-0.25, -0.2) is 4.79 Å². The third kappa shape index (κ3) is 3.00. The van der Waals surface area contributed by atoms with Gasteiger partial charge in [-0.15, -0.1) is 5.10 Å². The molecule has 8 heteroatoms. The van der Waals surface area contributed by atoms with Gasteiger partial charge in [-0.1, -0.05) is 11.2 Å². The molecule has 2 aromatic rings. The summed E-state index contributed by atoms with van der Waals surface area (Å²) in [4.78, 5) is 15.8. The van der Waals surface area contributed by atoms with Gasteiger partial charge in [-0.2, -0.15) is 5.21 Å². The Kier molecular flexibility index (Phi) is 3.46. The monoisotopic (exact) mass is 247 g/mol. The minimum Gasteiger partial charge on any atom is -0.331 e. The maximum absolute atomic E-state index is 11.6. The highest BCUT2D eigenvalue weighted by atomic mass is 16.2. The molecule has 0 aliphatic carbocycles. The summed E-state index contributed by atoms with van der Waals surface area (Å²) in [5, 5.41) is 18.0. The van der Waals surface area contributed by atoms with Crippen LogP contribution in [0.1, 0.15) is 24.2 Å². The fourth-order valence-electron chi connectivity index (χ4n) is 1.37. The highest BCUT2D eigenvalue weighted by molar-refractivity contribution is 5.87. The second-order valence-electron chi connectivity index (χ2n) is 3.79. The lowest BCUT2D eigenvalue weighted by Crippen LogP contribution is -2.31. The first-order chi connectivity index (χ1) is 8.65. The Labute approximate surface area is 103 Å². The molecule has 3 N–H and O–H groups in total. The fraction of sp³-hybridized carbons (Fsp3) is 0.300. The topological polar surface area (TPSA) is 108 Å². The number of carbonyl (C=O) groups is 1. The molecule has 1 atom stereocenters. The number of nitrogens with one attached hydrogen (secondary N) is 3. The van der Waals surface area contributed by atoms with Crippen molar-refractivity contribution >= 4 is 12.0 Å². The van der Waals surface area contributed by atoms with E-state index in [2.05, 4.69) is 36.2 Å². The number of aromatic nitrogens is 5. The summed E-state index contributed by atoms with van der Waals surface area (Å²) in [6.45, 7) is 3.77. The minimum atomic E-state index is -0.399. The van der Waals surface area contributed by atoms with Crippen LogP contribution in [0.3, 0.4) is 0 Å². The van der Waals surface area contributed by atoms with Crippen molar-refractivity contribution in [3.8, 4) is 0 Å². The molecule has 2 amide bonds. The molecule has 2 rings (SSSR count). The molecule has 18 heavy (non-hydrogen) atoms. The molecular formula is C10H13N7O. The zero-order valence-corrected chi connectivity index (χ0v) is 10.0. The van der Waals surface area contributed by atoms with Crippen LogP contribution in [-0.4, -0.2) is 31.6 Å². The molecule has 94 valence electrons. The van der Waals surface area contributed by atoms with Crippen molar-refractivity contribution in [2.24, 2.45) is 0 Å². The Bertz CT molecular complexity index is 508. The number of pyridine rings is 1. The number of nitrogens with zero attached hydrogens (tertiary/aromatic N) is 4. The smallest absolute Gasteiger partial charge is 0.322 e. The maximum atomic E-state index is 11.6. The molecule has 0 unspecified atom stereocenters. The summed E-state index contributed by atoms with van der Waals surface area (Å²) in [6.07, 6.45) is 1.73. The minimum absolute atomic E-state index is 0.127. The number of amides is 2. The van der Waals surface area contributed by atoms with Crippen molar-refractivity contribution in [2.45, 2.75) is 19.9 Å². The highest BCUT2D eigenvalue weighted by Crippen LogP contribution is 2.11. The first kappa shape index (κ1) is 12.0. The van der Waals surface area contributed by atoms with Crippen LogP contribution in [0.4, 0.5) is 10.7 Å². The van der Waals surface area contributed by atoms with Crippen LogP contribution < -0.4 is 10.6 Å². The van der Waals surface area contributed by atoms with Gasteiger partial charge in [-0.05, 0) is 30.7 Å². The molecular weight excluding hydrogens is 234 g/mol. The Hall–Kier alpha value is -2.51. The zero-order chi connectivity index (χ0) is 13.0. The van der Waals surface area contributed by atoms with Gasteiger partial charge in [0.05, 0.1) is 6.04 Å². The lowest BCUT2D eigenvalue weighted by atomic mass is 10.1. The molecule has 0 fully saturated rings. The summed E-state index contributed by atoms with van der Waals surface area (Å²) < 4.78 is 0. The number of anilines is 1. The van der Waals surface area contributed by atoms with E-state index in [1.807, 2.05) is 26.0 Å². The van der Waals surface area contributed by atoms with Gasteiger partial charge in [0.1, 0.15) is 0 Å². The summed E-state index contributed by atoms with van der Waals surface area (Å²) in [5.41, 5.74) is 1.85. The largest absolute Gasteiger partial charge is 0.331 e. The number of hydrogen-bond acceptors (Lipinski definition) is 5. The molecule has 0 aliphatic rings. The van der Waals surface area contributed by atoms with E-state index in [1.165, 1.54) is 0 Å². The molecule has 8 nitrogen and oxygen atoms in total. The predicted octanol–water partition coefficient (Wildman–Crippen LogP) is 0.786. The molecule has 2 aromatic heterocycles. The van der Waals surface area contributed by atoms with Gasteiger partial charge in [0.15, 0.2) is 0 Å². The number of hydrogen-bond donors (Lipinski definition) is 3. The Balaban J connectivity index is 1.92. The Morgan fingerprint density at radius 1 is 1.44 bits per heavy atom. The Morgan fingerprint density at radius 3 is 2.89 bits per heavy atom. The van der Waals surface area contributed by atoms with Gasteiger partial charge >= 0.3 is 6.03 Å². The number of aryl methyl sites for hydroxylation is 1. The molecule has 0 aromatic carbocycles. The van der Waals surface area contributed by atoms with Crippen LogP contribution in [-0.2, 0) is 0 Å². The van der Waals surface area contributed by atoms with Gasteiger partial charge in [0.25, 0.3) is 5.95 Å². The van der Waals surface area contributed by atoms with Gasteiger partial charge in [0, 0.05) is 11.9 Å². The van der Waals surface area contributed by atoms with Crippen LogP contribution in [0.15, 0.2) is 18.3 Å². The van der Waals surface area contributed by atoms with Crippen LogP contribution in [0, 0.1) is 6.92 Å². The number of H-pyrrole nitrogens is 1. The van der Waals surface area contributed by atoms with E-state index in [0.29, 0.717) is 0 Å². The summed E-state index contributed by atoms with van der Waals surface area (Å²) in [6, 6.07) is 3.25. The van der Waals surface area contributed by atoms with E-state index >= 15 is 0 Å². The van der Waals surface area contributed by atoms with E-state index in [9.17, 15) is 4.79 Å². The number of aromatic amines is 1. The fourth-order valence-corrected chi connectivity index (χ4v) is 1.37. The van der Waals surface area contributed by atoms with Crippen molar-refractivity contribution in [2.75, 3.05) is 5.32 Å². The van der Waals surface area contributed by atoms with Crippen LogP contribution in [0.2, 0.25) is 0 Å². The molecule has 0 saturated carbocycles. The maximum Gasteiger partial charge on any atom is 0.322 e. The third-order valence-corrected chi connectivity index (χ3v) is 2.35. The standard InChI is InChI=1S/C10H13N7O/c1-6-3-4-8(5-11-6)7(2)12-10(18)13-9-14-16-17-15-9/h3-5,7H,1-2H3,(H3,12,13,14,15,16,17,18)/t7-/m0/s1. The predicted molar refractivity (Wildman–Crippen MR) is 63.7 cm³/mol. The average molecular weight is 247 g/mol. The van der Waals surface area contributed by atoms with Gasteiger partial charge < -0.3 is 5.32 Å². The van der Waals surface area contributed by atoms with E-state index in [-0.39, 0.29) is 12.0 Å². The normalized spacial score (nSPS) is 11.9. The highest BCUT2D eigenvalue weighted by Gasteiger charge is 2.11. The van der Waals surface area contributed by atoms with Crippen molar-refractivity contribution in [1.29, 1.82) is 0 Å². The third-order valence-electron chi connectivity index (χ3n) is 2.35. The summed E-state index contributed by atoms with van der Waals surface area (Å²) >= 11 is 0. The zero-order valence-electron chi connectivity index (χ0n) is 10.0. The van der Waals surface area contributed by atoms with E-state index < -0.39 is 6.03 Å². The summed E-state index contributed by atoms with van der Waals surface area (Å²) in [5.74, 6) is 0.127. The molecule has 0 bridgehead atoms. The number of tetrazole rings is 1. The number of rotatable bonds is 3. The van der Waals surface area contributed by atoms with Crippen molar-refractivity contribution in [3.05, 3.63) is 29.6 Å². The SMILES string of the molecule is Cc1ccc([C@H](C)NC(=O)Nc2nn[nH]n2)cn1. The second kappa shape index (κ2) is 5.21. The summed E-state index contributed by atoms with van der Waals surface area (Å²) in [7, 11) is 0. The van der Waals surface area contributed by atoms with Crippen LogP contribution in [0.25, 0.3) is 0 Å². The van der Waals surface area contributed by atoms with Crippen molar-refractivity contribution in [3.63, 3.8) is 0 Å². The number of urea groups is 1. The second-order valence-corrected chi connectivity index (χ2v) is 3.79. The van der Waals surface area contributed by atoms with Gasteiger partial charge in [0.2, 0.25) is 0 Å². The molecule has 0 spiro atoms. The number of carbonyl (C=O) groups excluding carboxylic acids is 1.